The summed E-state index contributed by atoms with van der Waals surface area (Å²) < 4.78 is 0. The molecule has 2 heteroatoms. The maximum Gasteiger partial charge on any atom is 0.0640 e. The van der Waals surface area contributed by atoms with Crippen LogP contribution in [-0.4, -0.2) is 26.0 Å². The average molecular weight is 228 g/mol. The van der Waals surface area contributed by atoms with Crippen molar-refractivity contribution < 1.29 is 0 Å². The van der Waals surface area contributed by atoms with Gasteiger partial charge in [0.05, 0.1) is 12.3 Å². The van der Waals surface area contributed by atoms with Crippen LogP contribution in [0.25, 0.3) is 0 Å². The van der Waals surface area contributed by atoms with Crippen LogP contribution < -0.4 is 0 Å². The fraction of sp³-hybridized carbons (Fsp3) is 0.333. The van der Waals surface area contributed by atoms with Gasteiger partial charge in [-0.1, -0.05) is 50.3 Å². The lowest BCUT2D eigenvalue weighted by molar-refractivity contribution is 0.627. The molecule has 0 radical (unpaired) electrons. The lowest BCUT2D eigenvalue weighted by atomic mass is 9.93. The molecular formula is C15H20N2. The second kappa shape index (κ2) is 6.14. The SMILES string of the molecule is C=NC/C=C\C(=N/C)C1=CC=CC(C)(C)C=C1. The van der Waals surface area contributed by atoms with Gasteiger partial charge in [0, 0.05) is 12.5 Å². The van der Waals surface area contributed by atoms with E-state index >= 15 is 0 Å². The molecule has 0 unspecified atom stereocenters. The van der Waals surface area contributed by atoms with Gasteiger partial charge in [-0.15, -0.1) is 0 Å². The summed E-state index contributed by atoms with van der Waals surface area (Å²) in [6, 6.07) is 0. The van der Waals surface area contributed by atoms with E-state index in [1.165, 1.54) is 0 Å². The van der Waals surface area contributed by atoms with E-state index in [0.29, 0.717) is 6.54 Å². The maximum atomic E-state index is 4.29. The molecule has 17 heavy (non-hydrogen) atoms. The Morgan fingerprint density at radius 3 is 2.82 bits per heavy atom. The summed E-state index contributed by atoms with van der Waals surface area (Å²) in [5, 5.41) is 0. The topological polar surface area (TPSA) is 24.7 Å². The molecule has 0 aromatic carbocycles. The van der Waals surface area contributed by atoms with Crippen LogP contribution in [0.2, 0.25) is 0 Å². The van der Waals surface area contributed by atoms with Crippen LogP contribution in [0.1, 0.15) is 13.8 Å². The normalized spacial score (nSPS) is 19.2. The van der Waals surface area contributed by atoms with Gasteiger partial charge in [0.1, 0.15) is 0 Å². The molecule has 0 amide bonds. The molecule has 0 N–H and O–H groups in total. The minimum atomic E-state index is 0.101. The number of hydrogen-bond acceptors (Lipinski definition) is 2. The Labute approximate surface area is 104 Å². The molecule has 1 aliphatic carbocycles. The van der Waals surface area contributed by atoms with Gasteiger partial charge in [0.2, 0.25) is 0 Å². The van der Waals surface area contributed by atoms with E-state index in [-0.39, 0.29) is 5.41 Å². The van der Waals surface area contributed by atoms with Gasteiger partial charge in [-0.05, 0) is 18.4 Å². The maximum absolute atomic E-state index is 4.29. The molecular weight excluding hydrogens is 208 g/mol. The Hall–Kier alpha value is -1.70. The predicted octanol–water partition coefficient (Wildman–Crippen LogP) is 3.39. The summed E-state index contributed by atoms with van der Waals surface area (Å²) in [5.74, 6) is 0. The lowest BCUT2D eigenvalue weighted by Gasteiger charge is -2.12. The molecule has 90 valence electrons. The van der Waals surface area contributed by atoms with Crippen LogP contribution in [0.15, 0.2) is 58.1 Å². The molecule has 0 aromatic heterocycles. The van der Waals surface area contributed by atoms with Crippen LogP contribution in [-0.2, 0) is 0 Å². The molecule has 0 spiro atoms. The molecule has 0 aliphatic heterocycles. The number of aliphatic imine (C=N–C) groups is 2. The Bertz CT molecular complexity index is 418. The first-order valence-corrected chi connectivity index (χ1v) is 5.74. The van der Waals surface area contributed by atoms with Crippen LogP contribution in [0.3, 0.4) is 0 Å². The van der Waals surface area contributed by atoms with E-state index in [2.05, 4.69) is 60.9 Å². The highest BCUT2D eigenvalue weighted by atomic mass is 14.7. The largest absolute Gasteiger partial charge is 0.297 e. The van der Waals surface area contributed by atoms with Crippen LogP contribution in [0, 0.1) is 5.41 Å². The Morgan fingerprint density at radius 2 is 2.18 bits per heavy atom. The molecule has 0 aromatic rings. The van der Waals surface area contributed by atoms with Gasteiger partial charge in [0.15, 0.2) is 0 Å². The molecule has 0 saturated heterocycles. The predicted molar refractivity (Wildman–Crippen MR) is 77.1 cm³/mol. The molecule has 0 saturated carbocycles. The van der Waals surface area contributed by atoms with Crippen molar-refractivity contribution in [3.63, 3.8) is 0 Å². The summed E-state index contributed by atoms with van der Waals surface area (Å²) >= 11 is 0. The second-order valence-corrected chi connectivity index (χ2v) is 4.55. The third-order valence-electron chi connectivity index (χ3n) is 2.54. The highest BCUT2D eigenvalue weighted by molar-refractivity contribution is 6.10. The van der Waals surface area contributed by atoms with Gasteiger partial charge in [-0.3, -0.25) is 9.98 Å². The number of allylic oxidation sites excluding steroid dienone is 7. The number of hydrogen-bond donors (Lipinski definition) is 0. The van der Waals surface area contributed by atoms with Crippen LogP contribution >= 0.6 is 0 Å². The quantitative estimate of drug-likeness (QED) is 0.659. The van der Waals surface area contributed by atoms with E-state index in [1.54, 1.807) is 7.05 Å². The Morgan fingerprint density at radius 1 is 1.41 bits per heavy atom. The van der Waals surface area contributed by atoms with E-state index in [4.69, 9.17) is 0 Å². The van der Waals surface area contributed by atoms with E-state index < -0.39 is 0 Å². The molecule has 0 fully saturated rings. The second-order valence-electron chi connectivity index (χ2n) is 4.55. The third-order valence-corrected chi connectivity index (χ3v) is 2.54. The van der Waals surface area contributed by atoms with Gasteiger partial charge in [-0.2, -0.15) is 0 Å². The molecule has 0 heterocycles. The van der Waals surface area contributed by atoms with Crippen molar-refractivity contribution >= 4 is 12.4 Å². The van der Waals surface area contributed by atoms with E-state index in [9.17, 15) is 0 Å². The summed E-state index contributed by atoms with van der Waals surface area (Å²) in [4.78, 5) is 8.07. The fourth-order valence-electron chi connectivity index (χ4n) is 1.52. The summed E-state index contributed by atoms with van der Waals surface area (Å²) in [6.45, 7) is 8.43. The first-order valence-electron chi connectivity index (χ1n) is 5.74. The first kappa shape index (κ1) is 13.4. The average Bonchev–Trinajstić information content (AvgIpc) is 2.46. The van der Waals surface area contributed by atoms with Crippen LogP contribution in [0.5, 0.6) is 0 Å². The summed E-state index contributed by atoms with van der Waals surface area (Å²) in [7, 11) is 1.80. The van der Waals surface area contributed by atoms with Gasteiger partial charge >= 0.3 is 0 Å². The first-order chi connectivity index (χ1) is 8.09. The summed E-state index contributed by atoms with van der Waals surface area (Å²) in [5.41, 5.74) is 2.19. The van der Waals surface area contributed by atoms with Crippen molar-refractivity contribution in [3.05, 3.63) is 48.1 Å². The van der Waals surface area contributed by atoms with E-state index in [0.717, 1.165) is 11.3 Å². The van der Waals surface area contributed by atoms with Crippen molar-refractivity contribution in [1.29, 1.82) is 0 Å². The van der Waals surface area contributed by atoms with Crippen molar-refractivity contribution in [2.24, 2.45) is 15.4 Å². The molecule has 2 nitrogen and oxygen atoms in total. The zero-order valence-electron chi connectivity index (χ0n) is 10.9. The highest BCUT2D eigenvalue weighted by Crippen LogP contribution is 2.23. The van der Waals surface area contributed by atoms with Crippen LogP contribution in [0.4, 0.5) is 0 Å². The third kappa shape index (κ3) is 4.35. The monoisotopic (exact) mass is 228 g/mol. The zero-order valence-corrected chi connectivity index (χ0v) is 10.9. The molecule has 1 aliphatic rings. The minimum absolute atomic E-state index is 0.101. The number of rotatable bonds is 4. The van der Waals surface area contributed by atoms with Gasteiger partial charge in [-0.25, -0.2) is 0 Å². The molecule has 1 rings (SSSR count). The number of nitrogens with zero attached hydrogens (tertiary/aromatic N) is 2. The fourth-order valence-corrected chi connectivity index (χ4v) is 1.52. The van der Waals surface area contributed by atoms with Crippen molar-refractivity contribution in [2.45, 2.75) is 13.8 Å². The van der Waals surface area contributed by atoms with Gasteiger partial charge < -0.3 is 0 Å². The Kier molecular flexibility index (Phi) is 4.83. The van der Waals surface area contributed by atoms with Crippen molar-refractivity contribution in [3.8, 4) is 0 Å². The summed E-state index contributed by atoms with van der Waals surface area (Å²) in [6.07, 6.45) is 14.6. The highest BCUT2D eigenvalue weighted by Gasteiger charge is 2.11. The lowest BCUT2D eigenvalue weighted by Crippen LogP contribution is -2.01. The van der Waals surface area contributed by atoms with Gasteiger partial charge in [0.25, 0.3) is 0 Å². The zero-order chi connectivity index (χ0) is 12.7. The Balaban J connectivity index is 2.89. The van der Waals surface area contributed by atoms with E-state index in [1.807, 2.05) is 12.2 Å². The van der Waals surface area contributed by atoms with Crippen molar-refractivity contribution in [1.82, 2.24) is 0 Å². The smallest absolute Gasteiger partial charge is 0.0640 e. The molecule has 0 atom stereocenters. The van der Waals surface area contributed by atoms with Crippen molar-refractivity contribution in [2.75, 3.05) is 13.6 Å². The minimum Gasteiger partial charge on any atom is -0.297 e. The molecule has 0 bridgehead atoms. The standard InChI is InChI=1S/C15H20N2/c1-15(2)10-5-7-13(9-11-15)14(17-4)8-6-12-16-3/h5-11H,3,12H2,1-2,4H3/b8-6-,17-14+.